The summed E-state index contributed by atoms with van der Waals surface area (Å²) >= 11 is -2.02. The molecular formula is C42H44CsF2N6O4S+. The zero-order valence-electron chi connectivity index (χ0n) is 31.9. The number of rotatable bonds is 9. The third-order valence-electron chi connectivity index (χ3n) is 12.3. The Labute approximate surface area is 387 Å². The number of nitrogens with one attached hydrogen (secondary N) is 1. The van der Waals surface area contributed by atoms with Crippen molar-refractivity contribution in [3.63, 3.8) is 0 Å². The van der Waals surface area contributed by atoms with Gasteiger partial charge in [-0.05, 0) is 42.0 Å². The molecular weight excluding hydrogens is 855 g/mol. The SMILES string of the molecule is C#Cc1c(F)ccc2cccc(-c3ncc4c(N5CC6CCC(C5)N6)nc(OCC56CCC[N+]5(C)CC(OCc5ccc(S(=O)O)cc5)C6)nc4c3F)c12.[CH3-].[Cs+]. The van der Waals surface area contributed by atoms with Crippen molar-refractivity contribution < 1.29 is 100 Å². The summed E-state index contributed by atoms with van der Waals surface area (Å²) in [5.74, 6) is 1.84. The summed E-state index contributed by atoms with van der Waals surface area (Å²) in [6.07, 6.45) is 12.3. The van der Waals surface area contributed by atoms with E-state index >= 15 is 4.39 Å². The number of terminal acetylenes is 1. The summed E-state index contributed by atoms with van der Waals surface area (Å²) in [6, 6.07) is 15.9. The summed E-state index contributed by atoms with van der Waals surface area (Å²) in [5.41, 5.74) is 1.25. The van der Waals surface area contributed by atoms with Gasteiger partial charge in [-0.25, -0.2) is 13.0 Å². The van der Waals surface area contributed by atoms with E-state index < -0.39 is 22.7 Å². The Bertz CT molecular complexity index is 2350. The standard InChI is InChI=1S/C41H40F2N6O4S.CH3.Cs/c1-3-31-34(42)15-10-26-6-4-7-32(35(26)31)37-36(43)38-33(19-44-37)39(48-20-27-11-12-28(21-48)45-27)47-40(46-38)53-24-41-16-5-17-49(41,2)22-29(18-41)52-23-25-8-13-30(14-9-25)54(50)51;;/h1,4,6-10,13-15,19,27-29,45H,5,11-12,16-18,20-24H2,2H3;1H3;/q;-1;+1/p+1. The number of benzene rings is 3. The van der Waals surface area contributed by atoms with Gasteiger partial charge in [0.25, 0.3) is 0 Å². The number of fused-ring (bicyclic) bond motifs is 5. The van der Waals surface area contributed by atoms with E-state index in [4.69, 9.17) is 25.9 Å². The molecule has 4 saturated heterocycles. The van der Waals surface area contributed by atoms with Crippen LogP contribution < -0.4 is 83.8 Å². The second kappa shape index (κ2) is 16.6. The number of quaternary nitrogens is 1. The van der Waals surface area contributed by atoms with Gasteiger partial charge in [0.2, 0.25) is 0 Å². The molecule has 6 heterocycles. The maximum Gasteiger partial charge on any atom is 1.00 e. The minimum atomic E-state index is -2.02. The molecule has 2 bridgehead atoms. The normalized spacial score (nSPS) is 25.7. The summed E-state index contributed by atoms with van der Waals surface area (Å²) in [6.45, 7) is 3.99. The fraction of sp³-hybridized carbons (Fsp3) is 0.381. The molecule has 5 aromatic rings. The summed E-state index contributed by atoms with van der Waals surface area (Å²) in [7, 11) is 2.25. The van der Waals surface area contributed by atoms with Crippen LogP contribution >= 0.6 is 0 Å². The van der Waals surface area contributed by atoms with E-state index in [-0.39, 0.29) is 111 Å². The van der Waals surface area contributed by atoms with Crippen LogP contribution in [0, 0.1) is 31.4 Å². The first kappa shape index (κ1) is 41.6. The van der Waals surface area contributed by atoms with Crippen molar-refractivity contribution in [2.24, 2.45) is 0 Å². The van der Waals surface area contributed by atoms with Gasteiger partial charge in [0, 0.05) is 61.6 Å². The second-order valence-corrected chi connectivity index (χ2v) is 16.4. The van der Waals surface area contributed by atoms with Crippen LogP contribution in [0.1, 0.15) is 43.2 Å². The topological polar surface area (TPSA) is 110 Å². The van der Waals surface area contributed by atoms with Crippen molar-refractivity contribution in [2.75, 3.05) is 44.7 Å². The van der Waals surface area contributed by atoms with E-state index in [9.17, 15) is 13.2 Å². The van der Waals surface area contributed by atoms with Gasteiger partial charge in [-0.3, -0.25) is 4.98 Å². The molecule has 0 spiro atoms. The molecule has 9 rings (SSSR count). The Balaban J connectivity index is 0.00000240. The first-order valence-corrected chi connectivity index (χ1v) is 19.6. The molecule has 4 aliphatic rings. The van der Waals surface area contributed by atoms with Gasteiger partial charge in [-0.15, -0.1) is 6.42 Å². The van der Waals surface area contributed by atoms with Crippen molar-refractivity contribution in [1.82, 2.24) is 20.3 Å². The first-order valence-electron chi connectivity index (χ1n) is 18.5. The van der Waals surface area contributed by atoms with Crippen LogP contribution in [0.3, 0.4) is 0 Å². The van der Waals surface area contributed by atoms with Gasteiger partial charge in [0.05, 0.1) is 36.0 Å². The Morgan fingerprint density at radius 1 is 1.11 bits per heavy atom. The minimum Gasteiger partial charge on any atom is -0.457 e. The summed E-state index contributed by atoms with van der Waals surface area (Å²) in [5, 5.41) is 5.25. The Kier molecular flexibility index (Phi) is 12.3. The molecule has 6 atom stereocenters. The maximum atomic E-state index is 17.0. The smallest absolute Gasteiger partial charge is 0.457 e. The number of ether oxygens (including phenoxy) is 2. The van der Waals surface area contributed by atoms with E-state index in [0.29, 0.717) is 57.7 Å². The number of hydrogen-bond acceptors (Lipinski definition) is 8. The molecule has 0 aliphatic carbocycles. The van der Waals surface area contributed by atoms with Crippen LogP contribution in [0.4, 0.5) is 14.6 Å². The molecule has 10 nitrogen and oxygen atoms in total. The third-order valence-corrected chi connectivity index (χ3v) is 13.0. The van der Waals surface area contributed by atoms with E-state index in [1.165, 1.54) is 6.07 Å². The predicted octanol–water partition coefficient (Wildman–Crippen LogP) is 3.43. The zero-order valence-corrected chi connectivity index (χ0v) is 39.0. The molecule has 0 saturated carbocycles. The number of halogens is 2. The number of piperazine rings is 1. The summed E-state index contributed by atoms with van der Waals surface area (Å²) in [4.78, 5) is 16.9. The second-order valence-electron chi connectivity index (χ2n) is 15.5. The maximum absolute atomic E-state index is 17.0. The van der Waals surface area contributed by atoms with Crippen molar-refractivity contribution >= 4 is 38.6 Å². The number of anilines is 1. The van der Waals surface area contributed by atoms with E-state index in [0.717, 1.165) is 68.3 Å². The molecule has 4 fully saturated rings. The van der Waals surface area contributed by atoms with Crippen LogP contribution in [0.2, 0.25) is 0 Å². The molecule has 3 aromatic carbocycles. The summed E-state index contributed by atoms with van der Waals surface area (Å²) < 4.78 is 66.5. The van der Waals surface area contributed by atoms with Crippen molar-refractivity contribution in [3.05, 3.63) is 91.0 Å². The number of nitrogens with zero attached hydrogens (tertiary/aromatic N) is 5. The Hall–Kier alpha value is -2.53. The van der Waals surface area contributed by atoms with E-state index in [2.05, 4.69) is 28.2 Å². The average Bonchev–Trinajstić information content (AvgIpc) is 3.78. The van der Waals surface area contributed by atoms with E-state index in [1.54, 1.807) is 36.5 Å². The zero-order chi connectivity index (χ0) is 37.2. The molecule has 2 aromatic heterocycles. The molecule has 6 unspecified atom stereocenters. The number of likely N-dealkylation sites (N-methyl/N-ethyl adjacent to an activating group) is 1. The van der Waals surface area contributed by atoms with Gasteiger partial charge < -0.3 is 36.2 Å². The van der Waals surface area contributed by atoms with E-state index in [1.807, 2.05) is 18.2 Å². The first-order chi connectivity index (χ1) is 26.1. The van der Waals surface area contributed by atoms with Crippen molar-refractivity contribution in [2.45, 2.75) is 67.3 Å². The van der Waals surface area contributed by atoms with Gasteiger partial charge in [-0.1, -0.05) is 42.3 Å². The molecule has 0 amide bonds. The molecule has 56 heavy (non-hydrogen) atoms. The van der Waals surface area contributed by atoms with Gasteiger partial charge in [0.15, 0.2) is 16.9 Å². The van der Waals surface area contributed by atoms with Gasteiger partial charge in [-0.2, -0.15) is 9.97 Å². The van der Waals surface area contributed by atoms with Crippen LogP contribution in [-0.2, 0) is 22.4 Å². The molecule has 14 heteroatoms. The van der Waals surface area contributed by atoms with Gasteiger partial charge in [0.1, 0.15) is 47.6 Å². The average molecular weight is 900 g/mol. The fourth-order valence-electron chi connectivity index (χ4n) is 9.50. The fourth-order valence-corrected chi connectivity index (χ4v) is 9.87. The quantitative estimate of drug-likeness (QED) is 0.0997. The van der Waals surface area contributed by atoms with Crippen LogP contribution in [0.15, 0.2) is 65.7 Å². The molecule has 286 valence electrons. The largest absolute Gasteiger partial charge is 1.00 e. The van der Waals surface area contributed by atoms with Crippen molar-refractivity contribution in [3.8, 4) is 29.6 Å². The van der Waals surface area contributed by atoms with Crippen LogP contribution in [0.5, 0.6) is 6.01 Å². The third kappa shape index (κ3) is 7.47. The monoisotopic (exact) mass is 899 g/mol. The van der Waals surface area contributed by atoms with Crippen LogP contribution in [-0.4, -0.2) is 91.8 Å². The van der Waals surface area contributed by atoms with Crippen molar-refractivity contribution in [1.29, 1.82) is 0 Å². The van der Waals surface area contributed by atoms with Crippen LogP contribution in [0.25, 0.3) is 32.9 Å². The Morgan fingerprint density at radius 2 is 1.88 bits per heavy atom. The Morgan fingerprint density at radius 3 is 2.61 bits per heavy atom. The number of hydrogen-bond donors (Lipinski definition) is 2. The molecule has 2 N–H and O–H groups in total. The predicted molar refractivity (Wildman–Crippen MR) is 209 cm³/mol. The molecule has 4 aliphatic heterocycles. The molecule has 0 radical (unpaired) electrons. The van der Waals surface area contributed by atoms with Gasteiger partial charge >= 0.3 is 74.9 Å². The minimum absolute atomic E-state index is 0. The number of aromatic nitrogens is 3. The number of pyridine rings is 1.